The first-order chi connectivity index (χ1) is 15.6. The molecule has 0 aliphatic rings. The Morgan fingerprint density at radius 3 is 2.00 bits per heavy atom. The molecule has 0 spiro atoms. The molecule has 0 aromatic heterocycles. The molecule has 3 aromatic carbocycles. The second-order valence-corrected chi connectivity index (χ2v) is 7.18. The van der Waals surface area contributed by atoms with Crippen molar-refractivity contribution in [2.45, 2.75) is 19.5 Å². The summed E-state index contributed by atoms with van der Waals surface area (Å²) in [4.78, 5) is 39.8. The summed E-state index contributed by atoms with van der Waals surface area (Å²) < 4.78 is 5.33. The molecule has 6 nitrogen and oxygen atoms in total. The summed E-state index contributed by atoms with van der Waals surface area (Å²) in [5.74, 6) is -1.39. The summed E-state index contributed by atoms with van der Waals surface area (Å²) in [6.07, 6.45) is 0. The molecule has 0 saturated carbocycles. The number of hydrogen-bond acceptors (Lipinski definition) is 4. The van der Waals surface area contributed by atoms with E-state index < -0.39 is 24.5 Å². The maximum absolute atomic E-state index is 12.9. The SMILES string of the molecule is CCN(Cc1ccccc1)C(=O)COC(=O)C(NC(=O)c1ccccc1)c1ccccc1. The number of amides is 2. The van der Waals surface area contributed by atoms with Crippen LogP contribution in [0.2, 0.25) is 0 Å². The Morgan fingerprint density at radius 2 is 1.41 bits per heavy atom. The smallest absolute Gasteiger partial charge is 0.333 e. The number of carbonyl (C=O) groups is 3. The topological polar surface area (TPSA) is 75.7 Å². The van der Waals surface area contributed by atoms with Crippen LogP contribution in [0, 0.1) is 0 Å². The van der Waals surface area contributed by atoms with Gasteiger partial charge < -0.3 is 15.0 Å². The lowest BCUT2D eigenvalue weighted by molar-refractivity contribution is -0.154. The van der Waals surface area contributed by atoms with Gasteiger partial charge in [-0.2, -0.15) is 0 Å². The van der Waals surface area contributed by atoms with Crippen molar-refractivity contribution < 1.29 is 19.1 Å². The monoisotopic (exact) mass is 430 g/mol. The molecule has 1 N–H and O–H groups in total. The third-order valence-electron chi connectivity index (χ3n) is 4.97. The van der Waals surface area contributed by atoms with Crippen LogP contribution in [-0.2, 0) is 20.9 Å². The maximum Gasteiger partial charge on any atom is 0.333 e. The number of hydrogen-bond donors (Lipinski definition) is 1. The Kier molecular flexibility index (Phi) is 8.15. The normalized spacial score (nSPS) is 11.3. The summed E-state index contributed by atoms with van der Waals surface area (Å²) in [7, 11) is 0. The summed E-state index contributed by atoms with van der Waals surface area (Å²) >= 11 is 0. The van der Waals surface area contributed by atoms with Crippen LogP contribution in [0.15, 0.2) is 91.0 Å². The minimum absolute atomic E-state index is 0.300. The van der Waals surface area contributed by atoms with E-state index in [1.807, 2.05) is 43.3 Å². The number of nitrogens with zero attached hydrogens (tertiary/aromatic N) is 1. The molecule has 0 aliphatic carbocycles. The van der Waals surface area contributed by atoms with E-state index in [9.17, 15) is 14.4 Å². The van der Waals surface area contributed by atoms with Crippen molar-refractivity contribution in [2.75, 3.05) is 13.2 Å². The second-order valence-electron chi connectivity index (χ2n) is 7.18. The molecule has 1 unspecified atom stereocenters. The molecule has 0 bridgehead atoms. The van der Waals surface area contributed by atoms with Gasteiger partial charge in [0, 0.05) is 18.7 Å². The first-order valence-electron chi connectivity index (χ1n) is 10.5. The van der Waals surface area contributed by atoms with Gasteiger partial charge in [-0.3, -0.25) is 9.59 Å². The third kappa shape index (κ3) is 6.28. The van der Waals surface area contributed by atoms with E-state index in [1.165, 1.54) is 0 Å². The summed E-state index contributed by atoms with van der Waals surface area (Å²) in [5, 5.41) is 2.72. The van der Waals surface area contributed by atoms with Crippen molar-refractivity contribution in [1.82, 2.24) is 10.2 Å². The van der Waals surface area contributed by atoms with Gasteiger partial charge in [-0.1, -0.05) is 78.9 Å². The van der Waals surface area contributed by atoms with Crippen LogP contribution in [-0.4, -0.2) is 35.8 Å². The molecule has 2 amide bonds. The zero-order valence-corrected chi connectivity index (χ0v) is 17.9. The van der Waals surface area contributed by atoms with E-state index in [-0.39, 0.29) is 5.91 Å². The van der Waals surface area contributed by atoms with Crippen molar-refractivity contribution >= 4 is 17.8 Å². The van der Waals surface area contributed by atoms with Crippen LogP contribution in [0.5, 0.6) is 0 Å². The molecule has 0 aliphatic heterocycles. The van der Waals surface area contributed by atoms with Crippen molar-refractivity contribution in [1.29, 1.82) is 0 Å². The predicted molar refractivity (Wildman–Crippen MR) is 122 cm³/mol. The summed E-state index contributed by atoms with van der Waals surface area (Å²) in [5.41, 5.74) is 1.99. The molecule has 164 valence electrons. The van der Waals surface area contributed by atoms with E-state index in [0.717, 1.165) is 5.56 Å². The maximum atomic E-state index is 12.9. The Bertz CT molecular complexity index is 1020. The summed E-state index contributed by atoms with van der Waals surface area (Å²) in [6.45, 7) is 2.39. The van der Waals surface area contributed by atoms with Crippen LogP contribution in [0.25, 0.3) is 0 Å². The molecule has 0 radical (unpaired) electrons. The Morgan fingerprint density at radius 1 is 0.844 bits per heavy atom. The number of esters is 1. The molecule has 0 saturated heterocycles. The van der Waals surface area contributed by atoms with Gasteiger partial charge in [-0.15, -0.1) is 0 Å². The van der Waals surface area contributed by atoms with Gasteiger partial charge in [-0.05, 0) is 30.2 Å². The lowest BCUT2D eigenvalue weighted by Gasteiger charge is -2.22. The molecule has 3 aromatic rings. The number of nitrogens with one attached hydrogen (secondary N) is 1. The van der Waals surface area contributed by atoms with Gasteiger partial charge in [0.1, 0.15) is 0 Å². The average molecular weight is 431 g/mol. The molecule has 0 fully saturated rings. The van der Waals surface area contributed by atoms with Crippen LogP contribution >= 0.6 is 0 Å². The molecular formula is C26H26N2O4. The number of carbonyl (C=O) groups excluding carboxylic acids is 3. The molecule has 6 heteroatoms. The van der Waals surface area contributed by atoms with Gasteiger partial charge >= 0.3 is 5.97 Å². The minimum atomic E-state index is -1.03. The van der Waals surface area contributed by atoms with Gasteiger partial charge in [0.2, 0.25) is 0 Å². The van der Waals surface area contributed by atoms with Crippen molar-refractivity contribution in [2.24, 2.45) is 0 Å². The van der Waals surface area contributed by atoms with E-state index in [1.54, 1.807) is 59.5 Å². The molecule has 0 heterocycles. The van der Waals surface area contributed by atoms with Crippen molar-refractivity contribution in [3.8, 4) is 0 Å². The van der Waals surface area contributed by atoms with Crippen LogP contribution in [0.3, 0.4) is 0 Å². The van der Waals surface area contributed by atoms with E-state index >= 15 is 0 Å². The lowest BCUT2D eigenvalue weighted by atomic mass is 10.1. The standard InChI is InChI=1S/C26H26N2O4/c1-2-28(18-20-12-6-3-7-13-20)23(29)19-32-26(31)24(21-14-8-4-9-15-21)27-25(30)22-16-10-5-11-17-22/h3-17,24H,2,18-19H2,1H3,(H,27,30). The molecule has 1 atom stereocenters. The second kappa shape index (κ2) is 11.5. The number of benzene rings is 3. The lowest BCUT2D eigenvalue weighted by Crippen LogP contribution is -2.38. The molecule has 3 rings (SSSR count). The van der Waals surface area contributed by atoms with Crippen molar-refractivity contribution in [3.63, 3.8) is 0 Å². The van der Waals surface area contributed by atoms with Crippen LogP contribution in [0.1, 0.15) is 34.5 Å². The first-order valence-corrected chi connectivity index (χ1v) is 10.5. The molecular weight excluding hydrogens is 404 g/mol. The predicted octanol–water partition coefficient (Wildman–Crippen LogP) is 3.75. The Hall–Kier alpha value is -3.93. The quantitative estimate of drug-likeness (QED) is 0.525. The van der Waals surface area contributed by atoms with Gasteiger partial charge in [0.25, 0.3) is 11.8 Å². The zero-order valence-electron chi connectivity index (χ0n) is 17.9. The third-order valence-corrected chi connectivity index (χ3v) is 4.97. The number of likely N-dealkylation sites (N-methyl/N-ethyl adjacent to an activating group) is 1. The highest BCUT2D eigenvalue weighted by molar-refractivity contribution is 5.97. The highest BCUT2D eigenvalue weighted by Gasteiger charge is 2.26. The van der Waals surface area contributed by atoms with E-state index in [0.29, 0.717) is 24.2 Å². The van der Waals surface area contributed by atoms with Crippen molar-refractivity contribution in [3.05, 3.63) is 108 Å². The Labute approximate surface area is 187 Å². The fourth-order valence-electron chi connectivity index (χ4n) is 3.22. The highest BCUT2D eigenvalue weighted by atomic mass is 16.5. The zero-order chi connectivity index (χ0) is 22.8. The fourth-order valence-corrected chi connectivity index (χ4v) is 3.22. The largest absolute Gasteiger partial charge is 0.454 e. The van der Waals surface area contributed by atoms with Gasteiger partial charge in [0.05, 0.1) is 0 Å². The minimum Gasteiger partial charge on any atom is -0.454 e. The van der Waals surface area contributed by atoms with E-state index in [4.69, 9.17) is 4.74 Å². The van der Waals surface area contributed by atoms with Gasteiger partial charge in [-0.25, -0.2) is 4.79 Å². The fraction of sp³-hybridized carbons (Fsp3) is 0.192. The number of ether oxygens (including phenoxy) is 1. The van der Waals surface area contributed by atoms with Crippen LogP contribution in [0.4, 0.5) is 0 Å². The summed E-state index contributed by atoms with van der Waals surface area (Å²) in [6, 6.07) is 26.0. The Balaban J connectivity index is 1.66. The number of rotatable bonds is 9. The van der Waals surface area contributed by atoms with Crippen LogP contribution < -0.4 is 5.32 Å². The highest BCUT2D eigenvalue weighted by Crippen LogP contribution is 2.16. The van der Waals surface area contributed by atoms with E-state index in [2.05, 4.69) is 5.32 Å². The van der Waals surface area contributed by atoms with Gasteiger partial charge in [0.15, 0.2) is 12.6 Å². The first kappa shape index (κ1) is 22.7. The average Bonchev–Trinajstić information content (AvgIpc) is 2.85. The molecule has 32 heavy (non-hydrogen) atoms.